The third kappa shape index (κ3) is 4.93. The number of nitrogens with two attached hydrogens (primary N) is 1. The summed E-state index contributed by atoms with van der Waals surface area (Å²) in [5.41, 5.74) is 3.05. The number of phenolic OH excluding ortho intramolecular Hbond substituents is 1. The summed E-state index contributed by atoms with van der Waals surface area (Å²) in [6.45, 7) is 2.53. The number of Topliss-reactive ketones (excluding diaryl/α,β-unsaturated/α-hetero) is 2. The summed E-state index contributed by atoms with van der Waals surface area (Å²) in [6, 6.07) is 1.55. The lowest BCUT2D eigenvalue weighted by molar-refractivity contribution is -0.147. The second-order valence-electron chi connectivity index (χ2n) is 13.1. The molecule has 5 aliphatic rings. The third-order valence-electron chi connectivity index (χ3n) is 10.2. The number of benzene rings is 1. The number of fused-ring (bicyclic) bond motifs is 3. The van der Waals surface area contributed by atoms with Gasteiger partial charge in [-0.2, -0.15) is 0 Å². The molecule has 0 saturated heterocycles. The lowest BCUT2D eigenvalue weighted by Gasteiger charge is -2.46. The van der Waals surface area contributed by atoms with Gasteiger partial charge in [0.1, 0.15) is 22.8 Å². The first kappa shape index (κ1) is 29.2. The molecule has 5 aliphatic carbocycles. The monoisotopic (exact) mass is 598 g/mol. The Bertz CT molecular complexity index is 1410. The van der Waals surface area contributed by atoms with Gasteiger partial charge in [-0.25, -0.2) is 0 Å². The number of nitrogens with zero attached hydrogens (tertiary/aromatic N) is 1. The van der Waals surface area contributed by atoms with Gasteiger partial charge in [0.05, 0.1) is 5.56 Å². The summed E-state index contributed by atoms with van der Waals surface area (Å²) in [7, 11) is 0. The van der Waals surface area contributed by atoms with Gasteiger partial charge in [-0.1, -0.05) is 37.3 Å². The Hall–Kier alpha value is -2.88. The topological polar surface area (TPSA) is 161 Å². The first-order valence-corrected chi connectivity index (χ1v) is 15.6. The lowest BCUT2D eigenvalue weighted by atomic mass is 9.59. The number of primary amides is 1. The van der Waals surface area contributed by atoms with Crippen LogP contribution in [0, 0.1) is 23.7 Å². The molecule has 6 N–H and O–H groups in total. The van der Waals surface area contributed by atoms with Gasteiger partial charge in [0.25, 0.3) is 5.91 Å². The molecule has 3 fully saturated rings. The molecule has 0 aliphatic heterocycles. The van der Waals surface area contributed by atoms with E-state index in [1.165, 1.54) is 51.4 Å². The molecule has 1 unspecified atom stereocenters. The van der Waals surface area contributed by atoms with Crippen molar-refractivity contribution in [3.05, 3.63) is 44.7 Å². The number of hydrogen-bond acceptors (Lipinski definition) is 8. The average molecular weight is 599 g/mol. The molecule has 0 aromatic heterocycles. The van der Waals surface area contributed by atoms with E-state index in [9.17, 15) is 34.8 Å². The van der Waals surface area contributed by atoms with E-state index in [-0.39, 0.29) is 36.1 Å². The fourth-order valence-corrected chi connectivity index (χ4v) is 8.15. The maximum absolute atomic E-state index is 13.7. The van der Waals surface area contributed by atoms with Gasteiger partial charge in [0.15, 0.2) is 11.4 Å². The van der Waals surface area contributed by atoms with Crippen molar-refractivity contribution in [2.75, 3.05) is 13.1 Å². The number of carbonyl (C=O) groups excluding carboxylic acids is 3. The van der Waals surface area contributed by atoms with Crippen molar-refractivity contribution in [1.29, 1.82) is 0 Å². The van der Waals surface area contributed by atoms with Crippen LogP contribution in [0.2, 0.25) is 5.02 Å². The van der Waals surface area contributed by atoms with Gasteiger partial charge in [-0.05, 0) is 73.5 Å². The van der Waals surface area contributed by atoms with Gasteiger partial charge < -0.3 is 26.2 Å². The standard InChI is InChI=1S/C32H39ClN2O7/c33-27-19(15-35(14-17-7-8-17)13-16-5-3-1-2-4-6-16)11-22(36)25-21(27)10-18-9-20-12-23(37)26(31(34)41)30(40)32(20,42)29(39)24(18)28(25)38/h11,16-18,20,36,38,40,42H,1-10,12-15H2,(H2,34,41)/t18?,20-,32-/m0/s1. The predicted octanol–water partition coefficient (Wildman–Crippen LogP) is 4.26. The Balaban J connectivity index is 1.34. The van der Waals surface area contributed by atoms with E-state index in [1.54, 1.807) is 6.07 Å². The minimum absolute atomic E-state index is 0.0355. The van der Waals surface area contributed by atoms with Gasteiger partial charge in [-0.15, -0.1) is 0 Å². The number of ketones is 2. The van der Waals surface area contributed by atoms with Crippen LogP contribution in [0.25, 0.3) is 5.76 Å². The summed E-state index contributed by atoms with van der Waals surface area (Å²) in [4.78, 5) is 40.6. The molecule has 10 heteroatoms. The number of halogens is 1. The number of phenols is 1. The summed E-state index contributed by atoms with van der Waals surface area (Å²) in [5, 5.41) is 45.1. The second-order valence-corrected chi connectivity index (χ2v) is 13.5. The molecule has 0 radical (unpaired) electrons. The van der Waals surface area contributed by atoms with Gasteiger partial charge in [-0.3, -0.25) is 19.3 Å². The highest BCUT2D eigenvalue weighted by molar-refractivity contribution is 6.32. The summed E-state index contributed by atoms with van der Waals surface area (Å²) < 4.78 is 0. The number of aromatic hydroxyl groups is 1. The molecular weight excluding hydrogens is 560 g/mol. The molecule has 3 atom stereocenters. The maximum atomic E-state index is 13.7. The lowest BCUT2D eigenvalue weighted by Crippen LogP contribution is -2.58. The predicted molar refractivity (Wildman–Crippen MR) is 156 cm³/mol. The molecule has 226 valence electrons. The first-order chi connectivity index (χ1) is 20.0. The molecule has 1 amide bonds. The van der Waals surface area contributed by atoms with Crippen molar-refractivity contribution < 1.29 is 34.8 Å². The van der Waals surface area contributed by atoms with Crippen molar-refractivity contribution in [2.24, 2.45) is 29.4 Å². The number of aliphatic hydroxyl groups is 3. The second kappa shape index (κ2) is 11.0. The first-order valence-electron chi connectivity index (χ1n) is 15.2. The molecule has 0 heterocycles. The van der Waals surface area contributed by atoms with Gasteiger partial charge in [0.2, 0.25) is 5.78 Å². The van der Waals surface area contributed by atoms with E-state index >= 15 is 0 Å². The fraction of sp³-hybridized carbons (Fsp3) is 0.594. The largest absolute Gasteiger partial charge is 0.508 e. The van der Waals surface area contributed by atoms with Gasteiger partial charge in [0, 0.05) is 42.6 Å². The van der Waals surface area contributed by atoms with Crippen LogP contribution >= 0.6 is 11.6 Å². The van der Waals surface area contributed by atoms with E-state index in [4.69, 9.17) is 17.3 Å². The summed E-state index contributed by atoms with van der Waals surface area (Å²) >= 11 is 7.00. The molecular formula is C32H39ClN2O7. The minimum Gasteiger partial charge on any atom is -0.508 e. The van der Waals surface area contributed by atoms with Gasteiger partial charge >= 0.3 is 0 Å². The molecule has 0 bridgehead atoms. The van der Waals surface area contributed by atoms with Crippen molar-refractivity contribution in [3.63, 3.8) is 0 Å². The van der Waals surface area contributed by atoms with Crippen LogP contribution in [0.15, 0.2) is 23.0 Å². The molecule has 1 aromatic rings. The Labute approximate surface area is 250 Å². The van der Waals surface area contributed by atoms with Crippen LogP contribution in [-0.2, 0) is 27.3 Å². The van der Waals surface area contributed by atoms with Crippen LogP contribution in [-0.4, -0.2) is 61.5 Å². The van der Waals surface area contributed by atoms with Crippen molar-refractivity contribution in [1.82, 2.24) is 4.90 Å². The molecule has 0 spiro atoms. The number of aliphatic hydroxyl groups excluding tert-OH is 2. The Kier molecular flexibility index (Phi) is 7.64. The molecule has 9 nitrogen and oxygen atoms in total. The van der Waals surface area contributed by atoms with Crippen LogP contribution in [0.5, 0.6) is 5.75 Å². The summed E-state index contributed by atoms with van der Waals surface area (Å²) in [6.07, 6.45) is 9.95. The van der Waals surface area contributed by atoms with Crippen molar-refractivity contribution in [3.8, 4) is 5.75 Å². The zero-order valence-electron chi connectivity index (χ0n) is 23.7. The summed E-state index contributed by atoms with van der Waals surface area (Å²) in [5.74, 6) is -5.08. The van der Waals surface area contributed by atoms with Crippen LogP contribution in [0.3, 0.4) is 0 Å². The molecule has 42 heavy (non-hydrogen) atoms. The highest BCUT2D eigenvalue weighted by Crippen LogP contribution is 2.53. The zero-order chi connectivity index (χ0) is 29.9. The van der Waals surface area contributed by atoms with Crippen LogP contribution in [0.1, 0.15) is 80.9 Å². The van der Waals surface area contributed by atoms with Crippen molar-refractivity contribution in [2.45, 2.75) is 82.8 Å². The van der Waals surface area contributed by atoms with Crippen LogP contribution in [0.4, 0.5) is 0 Å². The van der Waals surface area contributed by atoms with E-state index < -0.39 is 52.0 Å². The molecule has 3 saturated carbocycles. The van der Waals surface area contributed by atoms with E-state index in [0.29, 0.717) is 29.0 Å². The Morgan fingerprint density at radius 1 is 1.00 bits per heavy atom. The van der Waals surface area contributed by atoms with E-state index in [0.717, 1.165) is 18.7 Å². The number of amides is 1. The Morgan fingerprint density at radius 2 is 1.64 bits per heavy atom. The molecule has 6 rings (SSSR count). The van der Waals surface area contributed by atoms with E-state index in [2.05, 4.69) is 4.90 Å². The third-order valence-corrected chi connectivity index (χ3v) is 10.6. The SMILES string of the molecule is NC(=O)C1=C(O)[C@@]2(O)C(=O)C3=C(O)c4c(O)cc(CN(CC5CCCCCC5)CC5CC5)c(Cl)c4CC3C[C@H]2CC1=O. The minimum atomic E-state index is -2.57. The van der Waals surface area contributed by atoms with E-state index in [1.807, 2.05) is 0 Å². The highest BCUT2D eigenvalue weighted by atomic mass is 35.5. The normalized spacial score (nSPS) is 28.5. The zero-order valence-corrected chi connectivity index (χ0v) is 24.5. The number of rotatable bonds is 7. The van der Waals surface area contributed by atoms with Crippen LogP contribution < -0.4 is 5.73 Å². The quantitative estimate of drug-likeness (QED) is 0.230. The number of hydrogen-bond donors (Lipinski definition) is 5. The smallest absolute Gasteiger partial charge is 0.255 e. The molecule has 1 aromatic carbocycles. The highest BCUT2D eigenvalue weighted by Gasteiger charge is 2.60. The Morgan fingerprint density at radius 3 is 2.26 bits per heavy atom. The number of carbonyl (C=O) groups is 3. The maximum Gasteiger partial charge on any atom is 0.255 e. The fourth-order valence-electron chi connectivity index (χ4n) is 7.86. The van der Waals surface area contributed by atoms with Crippen molar-refractivity contribution >= 4 is 34.8 Å². The average Bonchev–Trinajstić information content (AvgIpc) is 3.77.